The Bertz CT molecular complexity index is 1200. The number of likely N-dealkylation sites (N-methyl/N-ethyl adjacent to an activating group) is 1. The summed E-state index contributed by atoms with van der Waals surface area (Å²) in [6.07, 6.45) is 10.2. The molecule has 6 rings (SSSR count). The van der Waals surface area contributed by atoms with Crippen LogP contribution in [0.2, 0.25) is 0 Å². The maximum atomic E-state index is 14.5. The number of thiazole rings is 1. The zero-order valence-electron chi connectivity index (χ0n) is 25.9. The number of esters is 1. The zero-order valence-corrected chi connectivity index (χ0v) is 26.7. The molecule has 3 heterocycles. The number of allylic oxidation sites excluding steroid dienone is 2. The van der Waals surface area contributed by atoms with Crippen molar-refractivity contribution in [3.8, 4) is 0 Å². The van der Waals surface area contributed by atoms with Crippen LogP contribution in [0.1, 0.15) is 107 Å². The molecule has 1 aromatic heterocycles. The molecule has 9 heteroatoms. The van der Waals surface area contributed by atoms with Gasteiger partial charge in [-0.3, -0.25) is 9.59 Å². The van der Waals surface area contributed by atoms with Crippen molar-refractivity contribution in [2.75, 3.05) is 19.8 Å². The van der Waals surface area contributed by atoms with Crippen molar-refractivity contribution in [1.29, 1.82) is 0 Å². The van der Waals surface area contributed by atoms with Crippen LogP contribution in [0, 0.1) is 23.7 Å². The monoisotopic (exact) mass is 599 g/mol. The standard InChI is InChI=1S/C33H49N3O5S/c1-6-19-9-7-12-26(41-28-14-13-25(36(4)5)18(3)39-28)17(2)31(38)24-15-22-20-10-8-11-21(20)30-32(42-33(34)35-30)29(22)23(24)16-27(37)40-19/h15,17-23,25-26,28-29H,6-14,16H2,1-5H3,(H2,34,35)/t17-,18?,19+,20-,21-,22+,23-,25+,26+,28+,29-/m1/s1. The summed E-state index contributed by atoms with van der Waals surface area (Å²) in [5.41, 5.74) is 8.21. The van der Waals surface area contributed by atoms with Gasteiger partial charge in [-0.1, -0.05) is 26.3 Å². The highest BCUT2D eigenvalue weighted by atomic mass is 32.1. The van der Waals surface area contributed by atoms with Crippen molar-refractivity contribution in [3.05, 3.63) is 22.2 Å². The highest BCUT2D eigenvalue weighted by Crippen LogP contribution is 2.62. The number of rotatable bonds is 4. The molecular formula is C33H49N3O5S. The van der Waals surface area contributed by atoms with E-state index in [0.717, 1.165) is 69.1 Å². The van der Waals surface area contributed by atoms with Crippen LogP contribution in [-0.2, 0) is 23.8 Å². The van der Waals surface area contributed by atoms with Gasteiger partial charge in [-0.25, -0.2) is 4.98 Å². The summed E-state index contributed by atoms with van der Waals surface area (Å²) in [6.45, 7) is 6.22. The quantitative estimate of drug-likeness (QED) is 0.432. The van der Waals surface area contributed by atoms with E-state index in [2.05, 4.69) is 38.9 Å². The normalized spacial score (nSPS) is 40.7. The Morgan fingerprint density at radius 2 is 1.86 bits per heavy atom. The molecule has 0 amide bonds. The molecule has 1 saturated carbocycles. The molecule has 0 radical (unpaired) electrons. The molecule has 1 unspecified atom stereocenters. The fourth-order valence-corrected chi connectivity index (χ4v) is 10.0. The van der Waals surface area contributed by atoms with Gasteiger partial charge < -0.3 is 24.8 Å². The Hall–Kier alpha value is -1.81. The van der Waals surface area contributed by atoms with E-state index in [1.165, 1.54) is 4.88 Å². The molecule has 42 heavy (non-hydrogen) atoms. The molecule has 232 valence electrons. The van der Waals surface area contributed by atoms with E-state index >= 15 is 0 Å². The maximum Gasteiger partial charge on any atom is 0.306 e. The lowest BCUT2D eigenvalue weighted by Gasteiger charge is -2.40. The number of carbonyl (C=O) groups excluding carboxylic acids is 2. The zero-order chi connectivity index (χ0) is 29.7. The number of aromatic nitrogens is 1. The van der Waals surface area contributed by atoms with Gasteiger partial charge in [0.15, 0.2) is 17.2 Å². The highest BCUT2D eigenvalue weighted by molar-refractivity contribution is 7.15. The fourth-order valence-electron chi connectivity index (χ4n) is 8.89. The lowest BCUT2D eigenvalue weighted by Crippen LogP contribution is -2.47. The summed E-state index contributed by atoms with van der Waals surface area (Å²) in [7, 11) is 4.19. The van der Waals surface area contributed by atoms with E-state index < -0.39 is 0 Å². The van der Waals surface area contributed by atoms with Crippen LogP contribution in [0.3, 0.4) is 0 Å². The van der Waals surface area contributed by atoms with E-state index in [-0.39, 0.29) is 66.4 Å². The largest absolute Gasteiger partial charge is 0.462 e. The van der Waals surface area contributed by atoms with Crippen molar-refractivity contribution in [3.63, 3.8) is 0 Å². The minimum Gasteiger partial charge on any atom is -0.462 e. The van der Waals surface area contributed by atoms with E-state index in [1.807, 2.05) is 6.92 Å². The Labute approximate surface area is 254 Å². The summed E-state index contributed by atoms with van der Waals surface area (Å²) in [6, 6.07) is 0.359. The maximum absolute atomic E-state index is 14.5. The van der Waals surface area contributed by atoms with Gasteiger partial charge in [0.2, 0.25) is 0 Å². The van der Waals surface area contributed by atoms with Gasteiger partial charge in [0.1, 0.15) is 6.10 Å². The van der Waals surface area contributed by atoms with Crippen molar-refractivity contribution in [2.24, 2.45) is 23.7 Å². The molecular weight excluding hydrogens is 550 g/mol. The Balaban J connectivity index is 1.31. The fraction of sp³-hybridized carbons (Fsp3) is 0.788. The van der Waals surface area contributed by atoms with Gasteiger partial charge in [0.05, 0.1) is 24.3 Å². The van der Waals surface area contributed by atoms with Gasteiger partial charge in [-0.15, -0.1) is 11.3 Å². The minimum absolute atomic E-state index is 0.0562. The smallest absolute Gasteiger partial charge is 0.306 e. The van der Waals surface area contributed by atoms with E-state index in [9.17, 15) is 9.59 Å². The summed E-state index contributed by atoms with van der Waals surface area (Å²) < 4.78 is 19.1. The number of ketones is 1. The van der Waals surface area contributed by atoms with Crippen LogP contribution in [0.4, 0.5) is 5.13 Å². The third kappa shape index (κ3) is 5.59. The van der Waals surface area contributed by atoms with Gasteiger partial charge in [-0.2, -0.15) is 0 Å². The van der Waals surface area contributed by atoms with Crippen LogP contribution in [-0.4, -0.2) is 66.4 Å². The number of nitrogen functional groups attached to an aromatic ring is 1. The number of fused-ring (bicyclic) bond motifs is 8. The van der Waals surface area contributed by atoms with Crippen LogP contribution in [0.15, 0.2) is 11.6 Å². The van der Waals surface area contributed by atoms with Gasteiger partial charge in [0, 0.05) is 34.6 Å². The number of anilines is 1. The van der Waals surface area contributed by atoms with Gasteiger partial charge in [0.25, 0.3) is 0 Å². The average molecular weight is 600 g/mol. The third-order valence-electron chi connectivity index (χ3n) is 11.0. The SMILES string of the molecule is CC[C@H]1CCC[C@H](O[C@H]2CC[C@H](N(C)C)C(C)O2)[C@@H](C)C(=O)C2=C[C@H]3[C@@H]4CCC[C@H]4c4nc(N)sc4[C@H]3[C@@H]2CC(=O)O1. The summed E-state index contributed by atoms with van der Waals surface area (Å²) in [5, 5.41) is 0.591. The second-order valence-electron chi connectivity index (χ2n) is 13.7. The van der Waals surface area contributed by atoms with Crippen molar-refractivity contribution >= 4 is 28.2 Å². The molecule has 5 aliphatic rings. The van der Waals surface area contributed by atoms with E-state index in [0.29, 0.717) is 23.0 Å². The molecule has 2 N–H and O–H groups in total. The summed E-state index contributed by atoms with van der Waals surface area (Å²) >= 11 is 1.56. The predicted molar refractivity (Wildman–Crippen MR) is 163 cm³/mol. The van der Waals surface area contributed by atoms with Crippen LogP contribution < -0.4 is 5.73 Å². The molecule has 1 aromatic rings. The molecule has 0 spiro atoms. The second-order valence-corrected chi connectivity index (χ2v) is 14.8. The number of ether oxygens (including phenoxy) is 3. The Morgan fingerprint density at radius 3 is 2.60 bits per heavy atom. The number of cyclic esters (lactones) is 1. The molecule has 2 aliphatic heterocycles. The number of Topliss-reactive ketones (excluding diaryl/α,β-unsaturated/α-hetero) is 1. The molecule has 11 atom stereocenters. The minimum atomic E-state index is -0.328. The number of nitrogens with zero attached hydrogens (tertiary/aromatic N) is 2. The summed E-state index contributed by atoms with van der Waals surface area (Å²) in [5.74, 6) is 0.489. The Morgan fingerprint density at radius 1 is 1.07 bits per heavy atom. The lowest BCUT2D eigenvalue weighted by molar-refractivity contribution is -0.231. The number of nitrogens with two attached hydrogens (primary N) is 1. The van der Waals surface area contributed by atoms with Gasteiger partial charge >= 0.3 is 5.97 Å². The van der Waals surface area contributed by atoms with Crippen LogP contribution >= 0.6 is 11.3 Å². The van der Waals surface area contributed by atoms with Crippen molar-refractivity contribution in [2.45, 2.75) is 127 Å². The predicted octanol–water partition coefficient (Wildman–Crippen LogP) is 5.82. The first-order valence-electron chi connectivity index (χ1n) is 16.3. The number of hydrogen-bond acceptors (Lipinski definition) is 9. The topological polar surface area (TPSA) is 104 Å². The van der Waals surface area contributed by atoms with Crippen LogP contribution in [0.25, 0.3) is 0 Å². The lowest BCUT2D eigenvalue weighted by atomic mass is 9.68. The molecule has 0 bridgehead atoms. The van der Waals surface area contributed by atoms with E-state index in [1.54, 1.807) is 11.3 Å². The molecule has 3 aliphatic carbocycles. The van der Waals surface area contributed by atoms with Crippen molar-refractivity contribution in [1.82, 2.24) is 9.88 Å². The Kier molecular flexibility index (Phi) is 8.85. The third-order valence-corrected chi connectivity index (χ3v) is 12.0. The first kappa shape index (κ1) is 30.2. The highest BCUT2D eigenvalue weighted by Gasteiger charge is 2.54. The van der Waals surface area contributed by atoms with Crippen molar-refractivity contribution < 1.29 is 23.8 Å². The molecule has 8 nitrogen and oxygen atoms in total. The molecule has 3 fully saturated rings. The summed E-state index contributed by atoms with van der Waals surface area (Å²) in [4.78, 5) is 36.1. The van der Waals surface area contributed by atoms with Crippen LogP contribution in [0.5, 0.6) is 0 Å². The number of hydrogen-bond donors (Lipinski definition) is 1. The van der Waals surface area contributed by atoms with E-state index in [4.69, 9.17) is 24.9 Å². The number of carbonyl (C=O) groups is 2. The second kappa shape index (κ2) is 12.3. The van der Waals surface area contributed by atoms with Gasteiger partial charge in [-0.05, 0) is 89.8 Å². The molecule has 0 aromatic carbocycles. The average Bonchev–Trinajstić information content (AvgIpc) is 3.67. The molecule has 2 saturated heterocycles. The first-order chi connectivity index (χ1) is 20.2. The first-order valence-corrected chi connectivity index (χ1v) is 17.2.